The molecular formula is C26H43N3O5. The molecule has 1 aliphatic heterocycles. The van der Waals surface area contributed by atoms with E-state index in [4.69, 9.17) is 14.2 Å². The molecule has 2 atom stereocenters. The minimum absolute atomic E-state index is 0.0408. The third-order valence-electron chi connectivity index (χ3n) is 6.14. The van der Waals surface area contributed by atoms with Crippen LogP contribution < -0.4 is 20.1 Å². The number of benzene rings is 1. The fourth-order valence-corrected chi connectivity index (χ4v) is 4.10. The van der Waals surface area contributed by atoms with E-state index in [1.165, 1.54) is 0 Å². The molecule has 2 N–H and O–H groups in total. The van der Waals surface area contributed by atoms with Crippen LogP contribution in [0.15, 0.2) is 18.2 Å². The SMILES string of the molecule is CCN(Cc1ccc(OC)c(OCCCOC)c1)C(=O)[C@@H]1CNC[C@@H](C(=O)NCCC(C)C)C1. The lowest BCUT2D eigenvalue weighted by Gasteiger charge is -2.32. The standard InChI is InChI=1S/C26H43N3O5/c1-6-29(18-20-8-9-23(33-5)24(14-20)34-13-7-12-32-4)26(31)22-15-21(16-27-17-22)25(30)28-11-10-19(2)3/h8-9,14,19,21-22,27H,6-7,10-13,15-18H2,1-5H3,(H,28,30)/t21-,22-/m0/s1. The summed E-state index contributed by atoms with van der Waals surface area (Å²) in [5.41, 5.74) is 0.976. The van der Waals surface area contributed by atoms with E-state index in [9.17, 15) is 9.59 Å². The van der Waals surface area contributed by atoms with Gasteiger partial charge in [-0.05, 0) is 43.4 Å². The highest BCUT2D eigenvalue weighted by atomic mass is 16.5. The van der Waals surface area contributed by atoms with Crippen molar-refractivity contribution in [3.8, 4) is 11.5 Å². The minimum Gasteiger partial charge on any atom is -0.493 e. The molecule has 1 aliphatic rings. The number of hydrogen-bond donors (Lipinski definition) is 2. The van der Waals surface area contributed by atoms with E-state index in [1.807, 2.05) is 30.0 Å². The van der Waals surface area contributed by atoms with E-state index >= 15 is 0 Å². The Hall–Kier alpha value is -2.32. The number of ether oxygens (including phenoxy) is 3. The second-order valence-corrected chi connectivity index (χ2v) is 9.29. The number of rotatable bonds is 14. The summed E-state index contributed by atoms with van der Waals surface area (Å²) < 4.78 is 16.4. The maximum absolute atomic E-state index is 13.3. The normalized spacial score (nSPS) is 17.9. The zero-order valence-corrected chi connectivity index (χ0v) is 21.5. The van der Waals surface area contributed by atoms with Gasteiger partial charge in [-0.2, -0.15) is 0 Å². The van der Waals surface area contributed by atoms with Gasteiger partial charge in [0, 0.05) is 52.9 Å². The molecule has 1 saturated heterocycles. The second kappa shape index (κ2) is 14.8. The van der Waals surface area contributed by atoms with Crippen LogP contribution in [0.25, 0.3) is 0 Å². The molecule has 0 spiro atoms. The molecule has 0 aromatic heterocycles. The Morgan fingerprint density at radius 1 is 1.15 bits per heavy atom. The van der Waals surface area contributed by atoms with Crippen molar-refractivity contribution in [3.63, 3.8) is 0 Å². The molecule has 34 heavy (non-hydrogen) atoms. The quantitative estimate of drug-likeness (QED) is 0.401. The van der Waals surface area contributed by atoms with Crippen LogP contribution in [0.5, 0.6) is 11.5 Å². The average Bonchev–Trinajstić information content (AvgIpc) is 2.84. The van der Waals surface area contributed by atoms with Gasteiger partial charge in [0.15, 0.2) is 11.5 Å². The average molecular weight is 478 g/mol. The van der Waals surface area contributed by atoms with Gasteiger partial charge in [0.05, 0.1) is 25.6 Å². The summed E-state index contributed by atoms with van der Waals surface area (Å²) in [6.45, 7) is 10.4. The zero-order valence-electron chi connectivity index (χ0n) is 21.5. The van der Waals surface area contributed by atoms with Gasteiger partial charge in [0.1, 0.15) is 0 Å². The number of nitrogens with zero attached hydrogens (tertiary/aromatic N) is 1. The van der Waals surface area contributed by atoms with Gasteiger partial charge >= 0.3 is 0 Å². The Morgan fingerprint density at radius 2 is 1.91 bits per heavy atom. The molecule has 8 heteroatoms. The molecule has 192 valence electrons. The molecule has 0 aliphatic carbocycles. The maximum atomic E-state index is 13.3. The van der Waals surface area contributed by atoms with Crippen molar-refractivity contribution in [2.24, 2.45) is 17.8 Å². The van der Waals surface area contributed by atoms with Crippen LogP contribution in [0.3, 0.4) is 0 Å². The number of carbonyl (C=O) groups is 2. The first-order valence-electron chi connectivity index (χ1n) is 12.4. The van der Waals surface area contributed by atoms with Crippen molar-refractivity contribution >= 4 is 11.8 Å². The first kappa shape index (κ1) is 27.9. The van der Waals surface area contributed by atoms with E-state index in [0.29, 0.717) is 69.8 Å². The van der Waals surface area contributed by atoms with Gasteiger partial charge in [0.25, 0.3) is 0 Å². The monoisotopic (exact) mass is 477 g/mol. The summed E-state index contributed by atoms with van der Waals surface area (Å²) in [5.74, 6) is 1.60. The van der Waals surface area contributed by atoms with Crippen molar-refractivity contribution < 1.29 is 23.8 Å². The first-order valence-corrected chi connectivity index (χ1v) is 12.4. The molecule has 0 radical (unpaired) electrons. The van der Waals surface area contributed by atoms with Crippen LogP contribution >= 0.6 is 0 Å². The molecule has 1 aromatic carbocycles. The van der Waals surface area contributed by atoms with Gasteiger partial charge in [-0.1, -0.05) is 19.9 Å². The van der Waals surface area contributed by atoms with Crippen LogP contribution in [-0.4, -0.2) is 70.3 Å². The topological polar surface area (TPSA) is 89.1 Å². The van der Waals surface area contributed by atoms with Gasteiger partial charge < -0.3 is 29.7 Å². The van der Waals surface area contributed by atoms with Crippen LogP contribution in [0.4, 0.5) is 0 Å². The summed E-state index contributed by atoms with van der Waals surface area (Å²) in [5, 5.41) is 6.32. The number of amides is 2. The summed E-state index contributed by atoms with van der Waals surface area (Å²) in [6, 6.07) is 5.77. The summed E-state index contributed by atoms with van der Waals surface area (Å²) >= 11 is 0. The van der Waals surface area contributed by atoms with Crippen molar-refractivity contribution in [3.05, 3.63) is 23.8 Å². The van der Waals surface area contributed by atoms with E-state index in [2.05, 4.69) is 24.5 Å². The number of hydrogen-bond acceptors (Lipinski definition) is 6. The second-order valence-electron chi connectivity index (χ2n) is 9.29. The van der Waals surface area contributed by atoms with Crippen LogP contribution in [0.2, 0.25) is 0 Å². The van der Waals surface area contributed by atoms with E-state index in [-0.39, 0.29) is 23.7 Å². The molecule has 1 aromatic rings. The Kier molecular flexibility index (Phi) is 12.2. The Morgan fingerprint density at radius 3 is 2.59 bits per heavy atom. The van der Waals surface area contributed by atoms with Crippen molar-refractivity contribution in [2.75, 3.05) is 53.6 Å². The van der Waals surface area contributed by atoms with Gasteiger partial charge in [-0.3, -0.25) is 9.59 Å². The van der Waals surface area contributed by atoms with Crippen molar-refractivity contribution in [1.29, 1.82) is 0 Å². The Bertz CT molecular complexity index is 771. The van der Waals surface area contributed by atoms with Crippen LogP contribution in [-0.2, 0) is 20.9 Å². The van der Waals surface area contributed by atoms with Crippen LogP contribution in [0, 0.1) is 17.8 Å². The largest absolute Gasteiger partial charge is 0.493 e. The van der Waals surface area contributed by atoms with Gasteiger partial charge in [0.2, 0.25) is 11.8 Å². The number of carbonyl (C=O) groups excluding carboxylic acids is 2. The van der Waals surface area contributed by atoms with Gasteiger partial charge in [-0.15, -0.1) is 0 Å². The summed E-state index contributed by atoms with van der Waals surface area (Å²) in [4.78, 5) is 27.8. The third-order valence-corrected chi connectivity index (χ3v) is 6.14. The predicted octanol–water partition coefficient (Wildman–Crippen LogP) is 2.85. The fraction of sp³-hybridized carbons (Fsp3) is 0.692. The molecule has 0 saturated carbocycles. The van der Waals surface area contributed by atoms with Crippen LogP contribution in [0.1, 0.15) is 45.6 Å². The molecule has 0 unspecified atom stereocenters. The molecule has 2 amide bonds. The van der Waals surface area contributed by atoms with E-state index in [0.717, 1.165) is 18.4 Å². The predicted molar refractivity (Wildman–Crippen MR) is 133 cm³/mol. The molecule has 8 nitrogen and oxygen atoms in total. The van der Waals surface area contributed by atoms with Crippen molar-refractivity contribution in [1.82, 2.24) is 15.5 Å². The third kappa shape index (κ3) is 8.80. The number of piperidine rings is 1. The molecule has 0 bridgehead atoms. The highest BCUT2D eigenvalue weighted by molar-refractivity contribution is 5.83. The lowest BCUT2D eigenvalue weighted by Crippen LogP contribution is -2.49. The summed E-state index contributed by atoms with van der Waals surface area (Å²) in [6.07, 6.45) is 2.31. The number of methoxy groups -OCH3 is 2. The maximum Gasteiger partial charge on any atom is 0.227 e. The van der Waals surface area contributed by atoms with E-state index < -0.39 is 0 Å². The lowest BCUT2D eigenvalue weighted by atomic mass is 9.88. The Labute approximate surface area is 204 Å². The number of nitrogens with one attached hydrogen (secondary N) is 2. The van der Waals surface area contributed by atoms with Crippen molar-refractivity contribution in [2.45, 2.75) is 46.6 Å². The zero-order chi connectivity index (χ0) is 24.9. The first-order chi connectivity index (χ1) is 16.4. The molecular weight excluding hydrogens is 434 g/mol. The lowest BCUT2D eigenvalue weighted by molar-refractivity contribution is -0.138. The molecule has 1 heterocycles. The Balaban J connectivity index is 1.98. The highest BCUT2D eigenvalue weighted by Crippen LogP contribution is 2.29. The highest BCUT2D eigenvalue weighted by Gasteiger charge is 2.33. The van der Waals surface area contributed by atoms with Gasteiger partial charge in [-0.25, -0.2) is 0 Å². The molecule has 1 fully saturated rings. The van der Waals surface area contributed by atoms with E-state index in [1.54, 1.807) is 14.2 Å². The summed E-state index contributed by atoms with van der Waals surface area (Å²) in [7, 11) is 3.28. The fourth-order valence-electron chi connectivity index (χ4n) is 4.10. The molecule has 2 rings (SSSR count). The smallest absolute Gasteiger partial charge is 0.227 e. The minimum atomic E-state index is -0.211.